The number of carbonyl (C=O) groups is 1. The molecular weight excluding hydrogens is 323 g/mol. The summed E-state index contributed by atoms with van der Waals surface area (Å²) in [5, 5.41) is 4.03. The van der Waals surface area contributed by atoms with E-state index in [0.717, 1.165) is 31.6 Å². The van der Waals surface area contributed by atoms with Crippen molar-refractivity contribution in [3.63, 3.8) is 0 Å². The molecule has 1 aliphatic heterocycles. The quantitative estimate of drug-likeness (QED) is 0.888. The number of amides is 1. The Balaban J connectivity index is 2.01. The van der Waals surface area contributed by atoms with Crippen LogP contribution in [0.3, 0.4) is 0 Å². The van der Waals surface area contributed by atoms with Crippen LogP contribution in [-0.2, 0) is 11.3 Å². The van der Waals surface area contributed by atoms with Gasteiger partial charge in [-0.05, 0) is 38.0 Å². The standard InChI is InChI=1S/C16H22Cl2N2O2/c1-10(2)22-16-14(17)6-12(7-15(16)18)8-20-5-4-13(9-20)19-11(3)21/h6-7,10,13H,4-5,8-9H2,1-3H3,(H,19,21)/t13-/m0/s1. The molecule has 1 aliphatic rings. The van der Waals surface area contributed by atoms with Crippen LogP contribution in [0.25, 0.3) is 0 Å². The number of benzene rings is 1. The first-order valence-corrected chi connectivity index (χ1v) is 8.24. The fraction of sp³-hybridized carbons (Fsp3) is 0.562. The summed E-state index contributed by atoms with van der Waals surface area (Å²) < 4.78 is 5.64. The van der Waals surface area contributed by atoms with E-state index >= 15 is 0 Å². The number of ether oxygens (including phenoxy) is 1. The molecule has 0 saturated carbocycles. The Morgan fingerprint density at radius 1 is 1.41 bits per heavy atom. The summed E-state index contributed by atoms with van der Waals surface area (Å²) in [6, 6.07) is 4.03. The maximum atomic E-state index is 11.1. The number of hydrogen-bond acceptors (Lipinski definition) is 3. The first-order valence-electron chi connectivity index (χ1n) is 7.49. The molecule has 1 N–H and O–H groups in total. The average Bonchev–Trinajstić information content (AvgIpc) is 2.80. The Morgan fingerprint density at radius 2 is 2.05 bits per heavy atom. The second-order valence-corrected chi connectivity index (χ2v) is 6.79. The van der Waals surface area contributed by atoms with Gasteiger partial charge in [0.15, 0.2) is 5.75 Å². The average molecular weight is 345 g/mol. The first-order chi connectivity index (χ1) is 10.3. The molecule has 0 spiro atoms. The van der Waals surface area contributed by atoms with Crippen LogP contribution in [0.15, 0.2) is 12.1 Å². The van der Waals surface area contributed by atoms with E-state index in [0.29, 0.717) is 15.8 Å². The summed E-state index contributed by atoms with van der Waals surface area (Å²) in [5.41, 5.74) is 1.05. The minimum atomic E-state index is 0.0214. The van der Waals surface area contributed by atoms with Gasteiger partial charge in [-0.3, -0.25) is 9.69 Å². The largest absolute Gasteiger partial charge is 0.488 e. The zero-order valence-electron chi connectivity index (χ0n) is 13.2. The van der Waals surface area contributed by atoms with Crippen LogP contribution in [0.1, 0.15) is 32.8 Å². The molecule has 1 fully saturated rings. The minimum absolute atomic E-state index is 0.0214. The van der Waals surface area contributed by atoms with Crippen molar-refractivity contribution in [1.82, 2.24) is 10.2 Å². The van der Waals surface area contributed by atoms with E-state index in [1.807, 2.05) is 26.0 Å². The van der Waals surface area contributed by atoms with Gasteiger partial charge in [0.1, 0.15) is 0 Å². The van der Waals surface area contributed by atoms with Crippen LogP contribution < -0.4 is 10.1 Å². The van der Waals surface area contributed by atoms with E-state index in [4.69, 9.17) is 27.9 Å². The zero-order chi connectivity index (χ0) is 16.3. The summed E-state index contributed by atoms with van der Waals surface area (Å²) in [6.45, 7) is 7.98. The molecule has 0 bridgehead atoms. The second kappa shape index (κ2) is 7.53. The van der Waals surface area contributed by atoms with Crippen molar-refractivity contribution in [3.8, 4) is 5.75 Å². The lowest BCUT2D eigenvalue weighted by Gasteiger charge is -2.18. The number of nitrogens with one attached hydrogen (secondary N) is 1. The molecule has 1 aromatic carbocycles. The second-order valence-electron chi connectivity index (χ2n) is 5.98. The molecule has 6 heteroatoms. The SMILES string of the molecule is CC(=O)N[C@H]1CCN(Cc2cc(Cl)c(OC(C)C)c(Cl)c2)C1. The maximum Gasteiger partial charge on any atom is 0.217 e. The van der Waals surface area contributed by atoms with E-state index in [2.05, 4.69) is 10.2 Å². The predicted octanol–water partition coefficient (Wildman–Crippen LogP) is 3.49. The van der Waals surface area contributed by atoms with Gasteiger partial charge in [-0.25, -0.2) is 0 Å². The highest BCUT2D eigenvalue weighted by atomic mass is 35.5. The van der Waals surface area contributed by atoms with Gasteiger partial charge in [0.25, 0.3) is 0 Å². The third kappa shape index (κ3) is 4.77. The molecule has 1 saturated heterocycles. The van der Waals surface area contributed by atoms with Crippen LogP contribution in [0.2, 0.25) is 10.0 Å². The zero-order valence-corrected chi connectivity index (χ0v) is 14.7. The van der Waals surface area contributed by atoms with Crippen LogP contribution >= 0.6 is 23.2 Å². The third-order valence-electron chi connectivity index (χ3n) is 3.50. The number of rotatable bonds is 5. The summed E-state index contributed by atoms with van der Waals surface area (Å²) in [6.07, 6.45) is 0.994. The van der Waals surface area contributed by atoms with Gasteiger partial charge in [0, 0.05) is 32.6 Å². The lowest BCUT2D eigenvalue weighted by Crippen LogP contribution is -2.35. The summed E-state index contributed by atoms with van der Waals surface area (Å²) in [4.78, 5) is 13.4. The molecule has 1 atom stereocenters. The fourth-order valence-corrected chi connectivity index (χ4v) is 3.31. The number of hydrogen-bond donors (Lipinski definition) is 1. The highest BCUT2D eigenvalue weighted by Gasteiger charge is 2.23. The molecule has 0 radical (unpaired) electrons. The van der Waals surface area contributed by atoms with Crippen molar-refractivity contribution in [2.45, 2.75) is 45.9 Å². The highest BCUT2D eigenvalue weighted by Crippen LogP contribution is 2.35. The molecule has 1 aromatic rings. The van der Waals surface area contributed by atoms with E-state index in [1.165, 1.54) is 0 Å². The highest BCUT2D eigenvalue weighted by molar-refractivity contribution is 6.37. The molecule has 0 aromatic heterocycles. The Bertz CT molecular complexity index is 526. The van der Waals surface area contributed by atoms with Crippen molar-refractivity contribution in [1.29, 1.82) is 0 Å². The first kappa shape index (κ1) is 17.4. The lowest BCUT2D eigenvalue weighted by molar-refractivity contribution is -0.119. The molecule has 0 aliphatic carbocycles. The van der Waals surface area contributed by atoms with Crippen molar-refractivity contribution in [2.24, 2.45) is 0 Å². The van der Waals surface area contributed by atoms with Crippen molar-refractivity contribution >= 4 is 29.1 Å². The van der Waals surface area contributed by atoms with Crippen LogP contribution in [0.5, 0.6) is 5.75 Å². The molecule has 4 nitrogen and oxygen atoms in total. The predicted molar refractivity (Wildman–Crippen MR) is 89.7 cm³/mol. The molecule has 1 amide bonds. The van der Waals surface area contributed by atoms with Gasteiger partial charge < -0.3 is 10.1 Å². The monoisotopic (exact) mass is 344 g/mol. The number of halogens is 2. The number of carbonyl (C=O) groups excluding carboxylic acids is 1. The number of likely N-dealkylation sites (tertiary alicyclic amines) is 1. The van der Waals surface area contributed by atoms with Gasteiger partial charge in [0.05, 0.1) is 16.1 Å². The summed E-state index contributed by atoms with van der Waals surface area (Å²) >= 11 is 12.6. The Kier molecular flexibility index (Phi) is 5.95. The van der Waals surface area contributed by atoms with E-state index in [-0.39, 0.29) is 18.1 Å². The van der Waals surface area contributed by atoms with Crippen LogP contribution in [-0.4, -0.2) is 36.0 Å². The van der Waals surface area contributed by atoms with Gasteiger partial charge in [-0.1, -0.05) is 23.2 Å². The normalized spacial score (nSPS) is 18.7. The third-order valence-corrected chi connectivity index (χ3v) is 4.06. The fourth-order valence-electron chi connectivity index (χ4n) is 2.69. The van der Waals surface area contributed by atoms with Gasteiger partial charge in [-0.15, -0.1) is 0 Å². The van der Waals surface area contributed by atoms with Gasteiger partial charge in [-0.2, -0.15) is 0 Å². The summed E-state index contributed by atoms with van der Waals surface area (Å²) in [7, 11) is 0. The van der Waals surface area contributed by atoms with Crippen LogP contribution in [0, 0.1) is 0 Å². The van der Waals surface area contributed by atoms with Crippen molar-refractivity contribution in [2.75, 3.05) is 13.1 Å². The molecule has 1 heterocycles. The molecular formula is C16H22Cl2N2O2. The Hall–Kier alpha value is -0.970. The van der Waals surface area contributed by atoms with E-state index in [9.17, 15) is 4.79 Å². The summed E-state index contributed by atoms with van der Waals surface area (Å²) in [5.74, 6) is 0.563. The van der Waals surface area contributed by atoms with Gasteiger partial charge >= 0.3 is 0 Å². The molecule has 2 rings (SSSR count). The smallest absolute Gasteiger partial charge is 0.217 e. The molecule has 22 heavy (non-hydrogen) atoms. The van der Waals surface area contributed by atoms with Gasteiger partial charge in [0.2, 0.25) is 5.91 Å². The Labute approximate surface area is 141 Å². The minimum Gasteiger partial charge on any atom is -0.488 e. The van der Waals surface area contributed by atoms with Crippen LogP contribution in [0.4, 0.5) is 0 Å². The lowest BCUT2D eigenvalue weighted by atomic mass is 10.2. The topological polar surface area (TPSA) is 41.6 Å². The number of nitrogens with zero attached hydrogens (tertiary/aromatic N) is 1. The van der Waals surface area contributed by atoms with E-state index in [1.54, 1.807) is 6.92 Å². The van der Waals surface area contributed by atoms with Crippen molar-refractivity contribution in [3.05, 3.63) is 27.7 Å². The maximum absolute atomic E-state index is 11.1. The molecule has 0 unspecified atom stereocenters. The Morgan fingerprint density at radius 3 is 2.59 bits per heavy atom. The van der Waals surface area contributed by atoms with E-state index < -0.39 is 0 Å². The molecule has 122 valence electrons. The van der Waals surface area contributed by atoms with Crippen molar-refractivity contribution < 1.29 is 9.53 Å².